The van der Waals surface area contributed by atoms with Gasteiger partial charge in [-0.2, -0.15) is 0 Å². The van der Waals surface area contributed by atoms with Crippen molar-refractivity contribution in [1.82, 2.24) is 0 Å². The molecule has 0 spiro atoms. The largest absolute Gasteiger partial charge is 0.497 e. The molecular weight excluding hydrogens is 262 g/mol. The van der Waals surface area contributed by atoms with Crippen LogP contribution in [0.3, 0.4) is 0 Å². The first kappa shape index (κ1) is 12.1. The second-order valence-corrected chi connectivity index (χ2v) is 5.17. The van der Waals surface area contributed by atoms with E-state index in [9.17, 15) is 5.11 Å². The molecule has 20 heavy (non-hydrogen) atoms. The Hall–Kier alpha value is -1.63. The van der Waals surface area contributed by atoms with Crippen LogP contribution >= 0.6 is 0 Å². The molecule has 2 fully saturated rings. The third-order valence-electron chi connectivity index (χ3n) is 4.08. The molecule has 1 N–H and O–H groups in total. The minimum Gasteiger partial charge on any atom is -0.497 e. The minimum atomic E-state index is -0.807. The lowest BCUT2D eigenvalue weighted by molar-refractivity contribution is -0.207. The average Bonchev–Trinajstić information content (AvgIpc) is 3.11. The zero-order valence-electron chi connectivity index (χ0n) is 10.9. The van der Waals surface area contributed by atoms with E-state index in [1.807, 2.05) is 24.3 Å². The van der Waals surface area contributed by atoms with Gasteiger partial charge in [-0.1, -0.05) is 5.16 Å². The third-order valence-corrected chi connectivity index (χ3v) is 4.08. The maximum Gasteiger partial charge on any atom is 0.187 e. The summed E-state index contributed by atoms with van der Waals surface area (Å²) in [5.41, 5.74) is 1.74. The molecule has 5 atom stereocenters. The van der Waals surface area contributed by atoms with Gasteiger partial charge in [-0.15, -0.1) is 0 Å². The number of methoxy groups -OCH3 is 1. The van der Waals surface area contributed by atoms with Crippen molar-refractivity contribution in [2.24, 2.45) is 11.1 Å². The molecule has 0 amide bonds. The predicted octanol–water partition coefficient (Wildman–Crippen LogP) is 0.530. The first-order valence-electron chi connectivity index (χ1n) is 6.61. The van der Waals surface area contributed by atoms with Gasteiger partial charge in [-0.25, -0.2) is 0 Å². The highest BCUT2D eigenvalue weighted by Gasteiger charge is 2.56. The smallest absolute Gasteiger partial charge is 0.187 e. The predicted molar refractivity (Wildman–Crippen MR) is 68.5 cm³/mol. The van der Waals surface area contributed by atoms with Crippen molar-refractivity contribution in [3.63, 3.8) is 0 Å². The van der Waals surface area contributed by atoms with Crippen molar-refractivity contribution in [2.45, 2.75) is 24.6 Å². The normalized spacial score (nSPS) is 38.1. The van der Waals surface area contributed by atoms with Crippen molar-refractivity contribution in [1.29, 1.82) is 0 Å². The molecule has 4 rings (SSSR count). The number of fused-ring (bicyclic) bond motifs is 4. The highest BCUT2D eigenvalue weighted by molar-refractivity contribution is 6.03. The number of rotatable bonds is 2. The molecule has 2 saturated heterocycles. The summed E-state index contributed by atoms with van der Waals surface area (Å²) in [6, 6.07) is 7.61. The number of ether oxygens (including phenoxy) is 3. The maximum atomic E-state index is 10.1. The van der Waals surface area contributed by atoms with Crippen LogP contribution in [-0.2, 0) is 14.3 Å². The van der Waals surface area contributed by atoms with E-state index in [0.29, 0.717) is 6.61 Å². The third kappa shape index (κ3) is 1.65. The Labute approximate surface area is 115 Å². The summed E-state index contributed by atoms with van der Waals surface area (Å²) in [6.07, 6.45) is -1.90. The van der Waals surface area contributed by atoms with Crippen LogP contribution in [0.1, 0.15) is 5.56 Å². The summed E-state index contributed by atoms with van der Waals surface area (Å²) in [5, 5.41) is 14.3. The molecule has 3 aliphatic heterocycles. The van der Waals surface area contributed by atoms with Crippen LogP contribution in [0, 0.1) is 5.92 Å². The zero-order chi connectivity index (χ0) is 13.7. The van der Waals surface area contributed by atoms with Crippen molar-refractivity contribution in [3.8, 4) is 5.75 Å². The van der Waals surface area contributed by atoms with Gasteiger partial charge in [-0.05, 0) is 24.3 Å². The Bertz CT molecular complexity index is 543. The molecule has 1 aromatic carbocycles. The molecule has 3 unspecified atom stereocenters. The topological polar surface area (TPSA) is 69.5 Å². The molecule has 3 heterocycles. The van der Waals surface area contributed by atoms with Gasteiger partial charge < -0.3 is 24.2 Å². The van der Waals surface area contributed by atoms with Crippen LogP contribution in [0.15, 0.2) is 29.4 Å². The SMILES string of the molecule is COc1ccc(C2=NOC3C(O)[C@@H]4OCC(O4)[C@@H]23)cc1. The first-order chi connectivity index (χ1) is 9.78. The molecule has 6 heteroatoms. The molecule has 6 nitrogen and oxygen atoms in total. The lowest BCUT2D eigenvalue weighted by Gasteiger charge is -2.32. The van der Waals surface area contributed by atoms with Gasteiger partial charge in [0.2, 0.25) is 0 Å². The number of hydrogen-bond donors (Lipinski definition) is 1. The Morgan fingerprint density at radius 3 is 2.85 bits per heavy atom. The summed E-state index contributed by atoms with van der Waals surface area (Å²) in [4.78, 5) is 5.42. The van der Waals surface area contributed by atoms with Gasteiger partial charge in [0.25, 0.3) is 0 Å². The summed E-state index contributed by atoms with van der Waals surface area (Å²) >= 11 is 0. The van der Waals surface area contributed by atoms with Crippen molar-refractivity contribution in [3.05, 3.63) is 29.8 Å². The fourth-order valence-electron chi connectivity index (χ4n) is 3.03. The Morgan fingerprint density at radius 2 is 2.10 bits per heavy atom. The van der Waals surface area contributed by atoms with E-state index in [0.717, 1.165) is 17.0 Å². The lowest BCUT2D eigenvalue weighted by atomic mass is 9.84. The Balaban J connectivity index is 1.65. The van der Waals surface area contributed by atoms with Gasteiger partial charge in [0.05, 0.1) is 31.5 Å². The van der Waals surface area contributed by atoms with Crippen LogP contribution in [0.5, 0.6) is 5.75 Å². The minimum absolute atomic E-state index is 0.0999. The number of benzene rings is 1. The van der Waals surface area contributed by atoms with E-state index in [-0.39, 0.29) is 12.0 Å². The Kier molecular flexibility index (Phi) is 2.70. The number of aliphatic hydroxyl groups is 1. The molecule has 0 aliphatic carbocycles. The van der Waals surface area contributed by atoms with Crippen LogP contribution in [0.4, 0.5) is 0 Å². The molecule has 1 aromatic rings. The highest BCUT2D eigenvalue weighted by Crippen LogP contribution is 2.39. The number of nitrogens with zero attached hydrogens (tertiary/aromatic N) is 1. The monoisotopic (exact) mass is 277 g/mol. The summed E-state index contributed by atoms with van der Waals surface area (Å²) in [6.45, 7) is 0.460. The summed E-state index contributed by atoms with van der Waals surface area (Å²) in [7, 11) is 1.63. The van der Waals surface area contributed by atoms with Gasteiger partial charge in [-0.3, -0.25) is 0 Å². The summed E-state index contributed by atoms with van der Waals surface area (Å²) < 4.78 is 16.2. The van der Waals surface area contributed by atoms with Crippen molar-refractivity contribution in [2.75, 3.05) is 13.7 Å². The van der Waals surface area contributed by atoms with E-state index in [2.05, 4.69) is 5.16 Å². The van der Waals surface area contributed by atoms with E-state index in [4.69, 9.17) is 19.0 Å². The second kappa shape index (κ2) is 4.44. The molecule has 0 saturated carbocycles. The van der Waals surface area contributed by atoms with E-state index in [1.165, 1.54) is 0 Å². The maximum absolute atomic E-state index is 10.1. The van der Waals surface area contributed by atoms with Gasteiger partial charge in [0, 0.05) is 5.56 Å². The van der Waals surface area contributed by atoms with E-state index in [1.54, 1.807) is 7.11 Å². The average molecular weight is 277 g/mol. The highest BCUT2D eigenvalue weighted by atomic mass is 16.7. The van der Waals surface area contributed by atoms with Gasteiger partial charge >= 0.3 is 0 Å². The number of aliphatic hydroxyl groups excluding tert-OH is 1. The molecule has 0 radical (unpaired) electrons. The fraction of sp³-hybridized carbons (Fsp3) is 0.500. The van der Waals surface area contributed by atoms with Crippen LogP contribution in [-0.4, -0.2) is 49.1 Å². The molecule has 0 aromatic heterocycles. The van der Waals surface area contributed by atoms with Crippen LogP contribution < -0.4 is 4.74 Å². The summed E-state index contributed by atoms with van der Waals surface area (Å²) in [5.74, 6) is 0.686. The fourth-order valence-corrected chi connectivity index (χ4v) is 3.03. The van der Waals surface area contributed by atoms with Crippen molar-refractivity contribution >= 4 is 5.71 Å². The number of hydrogen-bond acceptors (Lipinski definition) is 6. The molecule has 3 aliphatic rings. The standard InChI is InChI=1S/C14H15NO5/c1-17-8-4-2-7(3-5-8)11-10-9-6-18-14(19-9)12(16)13(10)20-15-11/h2-5,9-10,12-14,16H,6H2,1H3/t9?,10-,12?,13?,14+/m0/s1. The zero-order valence-corrected chi connectivity index (χ0v) is 10.9. The number of oxime groups is 1. The Morgan fingerprint density at radius 1 is 1.30 bits per heavy atom. The lowest BCUT2D eigenvalue weighted by Crippen LogP contribution is -2.51. The van der Waals surface area contributed by atoms with Gasteiger partial charge in [0.1, 0.15) is 11.9 Å². The molecule has 2 bridgehead atoms. The van der Waals surface area contributed by atoms with Crippen molar-refractivity contribution < 1.29 is 24.2 Å². The van der Waals surface area contributed by atoms with E-state index >= 15 is 0 Å². The second-order valence-electron chi connectivity index (χ2n) is 5.17. The molecule has 106 valence electrons. The van der Waals surface area contributed by atoms with Crippen LogP contribution in [0.2, 0.25) is 0 Å². The molecular formula is C14H15NO5. The van der Waals surface area contributed by atoms with Crippen LogP contribution in [0.25, 0.3) is 0 Å². The first-order valence-corrected chi connectivity index (χ1v) is 6.61. The quantitative estimate of drug-likeness (QED) is 0.854. The van der Waals surface area contributed by atoms with E-state index < -0.39 is 18.5 Å². The van der Waals surface area contributed by atoms with Gasteiger partial charge in [0.15, 0.2) is 12.4 Å².